The second-order valence-corrected chi connectivity index (χ2v) is 6.92. The summed E-state index contributed by atoms with van der Waals surface area (Å²) < 4.78 is 10.6. The van der Waals surface area contributed by atoms with Gasteiger partial charge in [0.25, 0.3) is 0 Å². The topological polar surface area (TPSA) is 60.5 Å². The molecule has 0 bridgehead atoms. The lowest BCUT2D eigenvalue weighted by Gasteiger charge is -2.12. The van der Waals surface area contributed by atoms with Gasteiger partial charge < -0.3 is 14.8 Å². The SMILES string of the molecule is CCNC(=O)OCc1ccc(Cc2ccc(OC)c(-c3cccc(Cl)c3)c2)cn1. The number of aromatic nitrogens is 1. The number of benzene rings is 2. The third kappa shape index (κ3) is 5.72. The second kappa shape index (κ2) is 9.94. The molecule has 1 aromatic heterocycles. The van der Waals surface area contributed by atoms with Crippen LogP contribution in [0.1, 0.15) is 23.7 Å². The molecule has 0 fully saturated rings. The highest BCUT2D eigenvalue weighted by Crippen LogP contribution is 2.32. The zero-order valence-corrected chi connectivity index (χ0v) is 17.2. The van der Waals surface area contributed by atoms with Crippen LogP contribution in [0.3, 0.4) is 0 Å². The Hall–Kier alpha value is -3.05. The van der Waals surface area contributed by atoms with Crippen molar-refractivity contribution in [2.45, 2.75) is 20.0 Å². The Morgan fingerprint density at radius 1 is 1.10 bits per heavy atom. The fraction of sp³-hybridized carbons (Fsp3) is 0.217. The van der Waals surface area contributed by atoms with Gasteiger partial charge in [0.15, 0.2) is 0 Å². The molecule has 0 spiro atoms. The third-order valence-corrected chi connectivity index (χ3v) is 4.60. The predicted molar refractivity (Wildman–Crippen MR) is 114 cm³/mol. The van der Waals surface area contributed by atoms with Crippen LogP contribution in [0, 0.1) is 0 Å². The number of methoxy groups -OCH3 is 1. The Bertz CT molecular complexity index is 974. The van der Waals surface area contributed by atoms with Crippen molar-refractivity contribution in [2.24, 2.45) is 0 Å². The summed E-state index contributed by atoms with van der Waals surface area (Å²) in [5, 5.41) is 3.27. The molecule has 0 aliphatic heterocycles. The molecule has 6 heteroatoms. The number of pyridine rings is 1. The molecule has 1 heterocycles. The summed E-state index contributed by atoms with van der Waals surface area (Å²) in [6, 6.07) is 17.7. The molecule has 29 heavy (non-hydrogen) atoms. The van der Waals surface area contributed by atoms with E-state index in [1.807, 2.05) is 55.5 Å². The molecule has 3 aromatic rings. The minimum atomic E-state index is -0.440. The summed E-state index contributed by atoms with van der Waals surface area (Å²) in [4.78, 5) is 15.8. The first-order valence-electron chi connectivity index (χ1n) is 9.36. The third-order valence-electron chi connectivity index (χ3n) is 4.37. The van der Waals surface area contributed by atoms with E-state index in [4.69, 9.17) is 21.1 Å². The largest absolute Gasteiger partial charge is 0.496 e. The van der Waals surface area contributed by atoms with Crippen molar-refractivity contribution in [1.29, 1.82) is 0 Å². The number of halogens is 1. The van der Waals surface area contributed by atoms with Gasteiger partial charge in [-0.25, -0.2) is 4.79 Å². The van der Waals surface area contributed by atoms with Gasteiger partial charge in [0.05, 0.1) is 12.8 Å². The molecule has 1 amide bonds. The first-order valence-corrected chi connectivity index (χ1v) is 9.74. The Labute approximate surface area is 175 Å². The Morgan fingerprint density at radius 2 is 1.93 bits per heavy atom. The summed E-state index contributed by atoms with van der Waals surface area (Å²) in [6.07, 6.45) is 2.09. The van der Waals surface area contributed by atoms with Crippen molar-refractivity contribution < 1.29 is 14.3 Å². The molecule has 150 valence electrons. The molecule has 1 N–H and O–H groups in total. The number of ether oxygens (including phenoxy) is 2. The van der Waals surface area contributed by atoms with Gasteiger partial charge in [0.1, 0.15) is 12.4 Å². The summed E-state index contributed by atoms with van der Waals surface area (Å²) in [7, 11) is 1.66. The van der Waals surface area contributed by atoms with Gasteiger partial charge in [-0.15, -0.1) is 0 Å². The molecule has 3 rings (SSSR count). The van der Waals surface area contributed by atoms with Gasteiger partial charge >= 0.3 is 6.09 Å². The van der Waals surface area contributed by atoms with Gasteiger partial charge in [-0.1, -0.05) is 35.9 Å². The van der Waals surface area contributed by atoms with Crippen molar-refractivity contribution in [1.82, 2.24) is 10.3 Å². The molecule has 0 aliphatic carbocycles. The summed E-state index contributed by atoms with van der Waals surface area (Å²) in [5.74, 6) is 0.798. The molecule has 0 saturated heterocycles. The minimum absolute atomic E-state index is 0.146. The summed E-state index contributed by atoms with van der Waals surface area (Å²) in [5.41, 5.74) is 4.90. The van der Waals surface area contributed by atoms with Crippen LogP contribution in [-0.4, -0.2) is 24.7 Å². The lowest BCUT2D eigenvalue weighted by atomic mass is 9.98. The van der Waals surface area contributed by atoms with E-state index in [0.29, 0.717) is 17.3 Å². The normalized spacial score (nSPS) is 10.4. The molecular weight excluding hydrogens is 388 g/mol. The molecular formula is C23H23ClN2O3. The van der Waals surface area contributed by atoms with Crippen LogP contribution in [0.5, 0.6) is 5.75 Å². The van der Waals surface area contributed by atoms with Crippen molar-refractivity contribution in [2.75, 3.05) is 13.7 Å². The van der Waals surface area contributed by atoms with E-state index in [1.54, 1.807) is 13.3 Å². The number of nitrogens with zero attached hydrogens (tertiary/aromatic N) is 1. The number of nitrogens with one attached hydrogen (secondary N) is 1. The van der Waals surface area contributed by atoms with E-state index in [1.165, 1.54) is 0 Å². The highest BCUT2D eigenvalue weighted by molar-refractivity contribution is 6.30. The van der Waals surface area contributed by atoms with E-state index in [-0.39, 0.29) is 6.61 Å². The standard InChI is InChI=1S/C23H23ClN2O3/c1-3-25-23(27)29-15-20-9-7-17(14-26-20)11-16-8-10-22(28-2)21(12-16)18-5-4-6-19(24)13-18/h4-10,12-14H,3,11,15H2,1-2H3,(H,25,27). The van der Waals surface area contributed by atoms with Crippen LogP contribution in [0.4, 0.5) is 4.79 Å². The van der Waals surface area contributed by atoms with Crippen molar-refractivity contribution >= 4 is 17.7 Å². The average Bonchev–Trinajstić information content (AvgIpc) is 2.73. The number of amides is 1. The van der Waals surface area contributed by atoms with Gasteiger partial charge in [-0.05, 0) is 60.4 Å². The van der Waals surface area contributed by atoms with E-state index >= 15 is 0 Å². The first-order chi connectivity index (χ1) is 14.1. The van der Waals surface area contributed by atoms with Crippen LogP contribution >= 0.6 is 11.6 Å². The zero-order valence-electron chi connectivity index (χ0n) is 16.4. The highest BCUT2D eigenvalue weighted by Gasteiger charge is 2.09. The maximum Gasteiger partial charge on any atom is 0.407 e. The van der Waals surface area contributed by atoms with Crippen LogP contribution in [0.2, 0.25) is 5.02 Å². The monoisotopic (exact) mass is 410 g/mol. The number of hydrogen-bond donors (Lipinski definition) is 1. The summed E-state index contributed by atoms with van der Waals surface area (Å²) >= 11 is 6.15. The van der Waals surface area contributed by atoms with E-state index in [2.05, 4.69) is 16.4 Å². The maximum absolute atomic E-state index is 11.4. The van der Waals surface area contributed by atoms with E-state index in [9.17, 15) is 4.79 Å². The molecule has 5 nitrogen and oxygen atoms in total. The number of rotatable bonds is 7. The Kier molecular flexibility index (Phi) is 7.09. The molecule has 0 atom stereocenters. The number of carbonyl (C=O) groups excluding carboxylic acids is 1. The lowest BCUT2D eigenvalue weighted by Crippen LogP contribution is -2.23. The van der Waals surface area contributed by atoms with Crippen LogP contribution < -0.4 is 10.1 Å². The van der Waals surface area contributed by atoms with E-state index < -0.39 is 6.09 Å². The quantitative estimate of drug-likeness (QED) is 0.578. The fourth-order valence-electron chi connectivity index (χ4n) is 2.96. The Morgan fingerprint density at radius 3 is 2.62 bits per heavy atom. The maximum atomic E-state index is 11.4. The molecule has 2 aromatic carbocycles. The van der Waals surface area contributed by atoms with Crippen LogP contribution in [-0.2, 0) is 17.8 Å². The highest BCUT2D eigenvalue weighted by atomic mass is 35.5. The van der Waals surface area contributed by atoms with Gasteiger partial charge in [0.2, 0.25) is 0 Å². The summed E-state index contributed by atoms with van der Waals surface area (Å²) in [6.45, 7) is 2.52. The minimum Gasteiger partial charge on any atom is -0.496 e. The zero-order chi connectivity index (χ0) is 20.6. The van der Waals surface area contributed by atoms with Crippen molar-refractivity contribution in [3.05, 3.63) is 82.6 Å². The van der Waals surface area contributed by atoms with E-state index in [0.717, 1.165) is 34.4 Å². The fourth-order valence-corrected chi connectivity index (χ4v) is 3.15. The average molecular weight is 411 g/mol. The van der Waals surface area contributed by atoms with Crippen LogP contribution in [0.15, 0.2) is 60.8 Å². The van der Waals surface area contributed by atoms with Crippen molar-refractivity contribution in [3.63, 3.8) is 0 Å². The molecule has 0 radical (unpaired) electrons. The molecule has 0 aliphatic rings. The second-order valence-electron chi connectivity index (χ2n) is 6.49. The number of hydrogen-bond acceptors (Lipinski definition) is 4. The lowest BCUT2D eigenvalue weighted by molar-refractivity contribution is 0.139. The van der Waals surface area contributed by atoms with Crippen LogP contribution in [0.25, 0.3) is 11.1 Å². The van der Waals surface area contributed by atoms with Gasteiger partial charge in [0, 0.05) is 23.3 Å². The first kappa shape index (κ1) is 20.7. The van der Waals surface area contributed by atoms with Crippen molar-refractivity contribution in [3.8, 4) is 16.9 Å². The Balaban J connectivity index is 1.73. The smallest absolute Gasteiger partial charge is 0.407 e. The predicted octanol–water partition coefficient (Wildman–Crippen LogP) is 5.25. The van der Waals surface area contributed by atoms with Gasteiger partial charge in [-0.3, -0.25) is 4.98 Å². The number of alkyl carbamates (subject to hydrolysis) is 1. The van der Waals surface area contributed by atoms with Gasteiger partial charge in [-0.2, -0.15) is 0 Å². The number of carbonyl (C=O) groups is 1. The molecule has 0 saturated carbocycles. The molecule has 0 unspecified atom stereocenters.